The lowest BCUT2D eigenvalue weighted by Crippen LogP contribution is -2.43. The largest absolute Gasteiger partial charge is 0.370 e. The molecule has 5 nitrogen and oxygen atoms in total. The SMILES string of the molecule is CC1CCN(C(N)=NCCNC(=O)C(C)(C)C)CC1.I. The first-order valence-corrected chi connectivity index (χ1v) is 7.14. The zero-order valence-corrected chi connectivity index (χ0v) is 15.4. The molecule has 3 N–H and O–H groups in total. The van der Waals surface area contributed by atoms with Crippen molar-refractivity contribution < 1.29 is 4.79 Å². The molecule has 0 aliphatic carbocycles. The minimum Gasteiger partial charge on any atom is -0.370 e. The minimum atomic E-state index is -0.349. The van der Waals surface area contributed by atoms with Gasteiger partial charge in [0.05, 0.1) is 6.54 Å². The number of piperidine rings is 1. The van der Waals surface area contributed by atoms with Crippen LogP contribution in [0.3, 0.4) is 0 Å². The van der Waals surface area contributed by atoms with Crippen molar-refractivity contribution in [2.45, 2.75) is 40.5 Å². The number of hydrogen-bond donors (Lipinski definition) is 2. The molecule has 0 saturated carbocycles. The van der Waals surface area contributed by atoms with Gasteiger partial charge in [0, 0.05) is 25.0 Å². The second kappa shape index (κ2) is 8.69. The van der Waals surface area contributed by atoms with Gasteiger partial charge < -0.3 is 16.0 Å². The van der Waals surface area contributed by atoms with Crippen LogP contribution in [0.25, 0.3) is 0 Å². The number of rotatable bonds is 3. The van der Waals surface area contributed by atoms with Gasteiger partial charge in [-0.2, -0.15) is 0 Å². The Balaban J connectivity index is 0.00000361. The summed E-state index contributed by atoms with van der Waals surface area (Å²) < 4.78 is 0. The normalized spacial score (nSPS) is 17.6. The predicted molar refractivity (Wildman–Crippen MR) is 94.3 cm³/mol. The minimum absolute atomic E-state index is 0. The summed E-state index contributed by atoms with van der Waals surface area (Å²) in [5, 5.41) is 2.87. The van der Waals surface area contributed by atoms with Gasteiger partial charge in [-0.3, -0.25) is 9.79 Å². The van der Waals surface area contributed by atoms with Crippen molar-refractivity contribution in [3.8, 4) is 0 Å². The molecule has 0 unspecified atom stereocenters. The number of nitrogens with one attached hydrogen (secondary N) is 1. The van der Waals surface area contributed by atoms with E-state index in [1.807, 2.05) is 20.8 Å². The molecule has 0 spiro atoms. The zero-order valence-electron chi connectivity index (χ0n) is 13.1. The molecular weight excluding hydrogens is 367 g/mol. The van der Waals surface area contributed by atoms with Crippen LogP contribution >= 0.6 is 24.0 Å². The van der Waals surface area contributed by atoms with Gasteiger partial charge in [0.1, 0.15) is 0 Å². The van der Waals surface area contributed by atoms with Crippen molar-refractivity contribution in [3.05, 3.63) is 0 Å². The number of carbonyl (C=O) groups excluding carboxylic acids is 1. The Morgan fingerprint density at radius 2 is 1.90 bits per heavy atom. The lowest BCUT2D eigenvalue weighted by atomic mass is 9.96. The van der Waals surface area contributed by atoms with E-state index in [0.717, 1.165) is 19.0 Å². The molecule has 6 heteroatoms. The quantitative estimate of drug-likeness (QED) is 0.331. The summed E-state index contributed by atoms with van der Waals surface area (Å²) in [5.74, 6) is 1.44. The monoisotopic (exact) mass is 396 g/mol. The fourth-order valence-electron chi connectivity index (χ4n) is 1.94. The van der Waals surface area contributed by atoms with Crippen LogP contribution in [0.15, 0.2) is 4.99 Å². The standard InChI is InChI=1S/C14H28N4O.HI/c1-11-5-9-18(10-6-11)13(15)17-8-7-16-12(19)14(2,3)4;/h11H,5-10H2,1-4H3,(H2,15,17)(H,16,19);1H. The second-order valence-corrected chi connectivity index (χ2v) is 6.42. The van der Waals surface area contributed by atoms with E-state index < -0.39 is 0 Å². The van der Waals surface area contributed by atoms with E-state index in [2.05, 4.69) is 22.1 Å². The van der Waals surface area contributed by atoms with Crippen molar-refractivity contribution in [1.82, 2.24) is 10.2 Å². The molecule has 0 aromatic heterocycles. The molecule has 0 aromatic carbocycles. The molecule has 20 heavy (non-hydrogen) atoms. The Kier molecular flexibility index (Phi) is 8.46. The van der Waals surface area contributed by atoms with Gasteiger partial charge in [-0.05, 0) is 18.8 Å². The third kappa shape index (κ3) is 6.76. The summed E-state index contributed by atoms with van der Waals surface area (Å²) in [6, 6.07) is 0. The van der Waals surface area contributed by atoms with Gasteiger partial charge in [-0.25, -0.2) is 0 Å². The van der Waals surface area contributed by atoms with Crippen molar-refractivity contribution in [1.29, 1.82) is 0 Å². The van der Waals surface area contributed by atoms with Crippen molar-refractivity contribution in [2.24, 2.45) is 22.1 Å². The zero-order chi connectivity index (χ0) is 14.5. The third-order valence-electron chi connectivity index (χ3n) is 3.46. The van der Waals surface area contributed by atoms with Crippen molar-refractivity contribution >= 4 is 35.8 Å². The van der Waals surface area contributed by atoms with Gasteiger partial charge in [-0.15, -0.1) is 24.0 Å². The summed E-state index contributed by atoms with van der Waals surface area (Å²) in [6.45, 7) is 11.0. The Labute approximate surface area is 139 Å². The van der Waals surface area contributed by atoms with Crippen LogP contribution < -0.4 is 11.1 Å². The van der Waals surface area contributed by atoms with Crippen LogP contribution in [0, 0.1) is 11.3 Å². The highest BCUT2D eigenvalue weighted by Gasteiger charge is 2.20. The van der Waals surface area contributed by atoms with E-state index >= 15 is 0 Å². The number of aliphatic imine (C=N–C) groups is 1. The Morgan fingerprint density at radius 1 is 1.35 bits per heavy atom. The van der Waals surface area contributed by atoms with Crippen LogP contribution in [0.2, 0.25) is 0 Å². The highest BCUT2D eigenvalue weighted by Crippen LogP contribution is 2.15. The number of nitrogens with two attached hydrogens (primary N) is 1. The first-order valence-electron chi connectivity index (χ1n) is 7.14. The summed E-state index contributed by atoms with van der Waals surface area (Å²) in [4.78, 5) is 18.1. The molecule has 1 heterocycles. The molecule has 1 aliphatic heterocycles. The molecule has 0 bridgehead atoms. The predicted octanol–water partition coefficient (Wildman–Crippen LogP) is 1.81. The molecule has 1 fully saturated rings. The fourth-order valence-corrected chi connectivity index (χ4v) is 1.94. The van der Waals surface area contributed by atoms with Gasteiger partial charge in [-0.1, -0.05) is 27.7 Å². The second-order valence-electron chi connectivity index (χ2n) is 6.42. The van der Waals surface area contributed by atoms with Gasteiger partial charge >= 0.3 is 0 Å². The number of amides is 1. The molecule has 118 valence electrons. The van der Waals surface area contributed by atoms with Crippen LogP contribution in [0.5, 0.6) is 0 Å². The van der Waals surface area contributed by atoms with Crippen LogP contribution in [0.4, 0.5) is 0 Å². The van der Waals surface area contributed by atoms with E-state index in [-0.39, 0.29) is 35.3 Å². The molecule has 0 radical (unpaired) electrons. The van der Waals surface area contributed by atoms with Gasteiger partial charge in [0.2, 0.25) is 5.91 Å². The molecule has 0 aromatic rings. The van der Waals surface area contributed by atoms with Crippen LogP contribution in [-0.4, -0.2) is 42.9 Å². The van der Waals surface area contributed by atoms with Gasteiger partial charge in [0.25, 0.3) is 0 Å². The van der Waals surface area contributed by atoms with Crippen molar-refractivity contribution in [3.63, 3.8) is 0 Å². The Bertz CT molecular complexity index is 331. The number of guanidine groups is 1. The van der Waals surface area contributed by atoms with E-state index in [1.54, 1.807) is 0 Å². The average Bonchev–Trinajstić information content (AvgIpc) is 2.33. The highest BCUT2D eigenvalue weighted by atomic mass is 127. The van der Waals surface area contributed by atoms with E-state index in [0.29, 0.717) is 19.0 Å². The van der Waals surface area contributed by atoms with E-state index in [1.165, 1.54) is 12.8 Å². The number of likely N-dealkylation sites (tertiary alicyclic amines) is 1. The lowest BCUT2D eigenvalue weighted by Gasteiger charge is -2.31. The number of halogens is 1. The first kappa shape index (κ1) is 19.5. The summed E-state index contributed by atoms with van der Waals surface area (Å²) in [7, 11) is 0. The maximum Gasteiger partial charge on any atom is 0.225 e. The number of carbonyl (C=O) groups is 1. The number of nitrogens with zero attached hydrogens (tertiary/aromatic N) is 2. The van der Waals surface area contributed by atoms with E-state index in [9.17, 15) is 4.79 Å². The Morgan fingerprint density at radius 3 is 2.40 bits per heavy atom. The molecular formula is C14H29IN4O. The summed E-state index contributed by atoms with van der Waals surface area (Å²) in [6.07, 6.45) is 2.36. The molecule has 1 rings (SSSR count). The topological polar surface area (TPSA) is 70.7 Å². The fraction of sp³-hybridized carbons (Fsp3) is 0.857. The van der Waals surface area contributed by atoms with E-state index in [4.69, 9.17) is 5.73 Å². The molecule has 0 atom stereocenters. The summed E-state index contributed by atoms with van der Waals surface area (Å²) >= 11 is 0. The maximum atomic E-state index is 11.6. The number of hydrogen-bond acceptors (Lipinski definition) is 2. The third-order valence-corrected chi connectivity index (χ3v) is 3.46. The van der Waals surface area contributed by atoms with Gasteiger partial charge in [0.15, 0.2) is 5.96 Å². The lowest BCUT2D eigenvalue weighted by molar-refractivity contribution is -0.128. The van der Waals surface area contributed by atoms with Crippen LogP contribution in [0.1, 0.15) is 40.5 Å². The summed E-state index contributed by atoms with van der Waals surface area (Å²) in [5.41, 5.74) is 5.61. The maximum absolute atomic E-state index is 11.6. The smallest absolute Gasteiger partial charge is 0.225 e. The first-order chi connectivity index (χ1) is 8.80. The molecule has 1 saturated heterocycles. The van der Waals surface area contributed by atoms with Crippen molar-refractivity contribution in [2.75, 3.05) is 26.2 Å². The van der Waals surface area contributed by atoms with Crippen LogP contribution in [-0.2, 0) is 4.79 Å². The average molecular weight is 396 g/mol. The Hall–Kier alpha value is -0.530. The molecule has 1 aliphatic rings. The highest BCUT2D eigenvalue weighted by molar-refractivity contribution is 14.0. The molecule has 1 amide bonds.